The minimum absolute atomic E-state index is 0.225. The number of halogens is 1. The first-order chi connectivity index (χ1) is 9.65. The van der Waals surface area contributed by atoms with Gasteiger partial charge in [0.2, 0.25) is 0 Å². The molecule has 1 atom stereocenters. The largest absolute Gasteiger partial charge is 0.506 e. The molecule has 1 unspecified atom stereocenters. The third-order valence-corrected chi connectivity index (χ3v) is 4.11. The van der Waals surface area contributed by atoms with Gasteiger partial charge in [-0.15, -0.1) is 10.2 Å². The fourth-order valence-electron chi connectivity index (χ4n) is 2.67. The van der Waals surface area contributed by atoms with Crippen LogP contribution in [0.2, 0.25) is 0 Å². The molecule has 1 aliphatic rings. The SMILES string of the molecule is Cn1cnnc1C1CCCN1Cc1ncc(Br)cc1O. The summed E-state index contributed by atoms with van der Waals surface area (Å²) in [5.41, 5.74) is 0.697. The Morgan fingerprint density at radius 3 is 3.05 bits per heavy atom. The van der Waals surface area contributed by atoms with E-state index >= 15 is 0 Å². The lowest BCUT2D eigenvalue weighted by molar-refractivity contribution is 0.230. The molecule has 0 amide bonds. The Morgan fingerprint density at radius 2 is 2.35 bits per heavy atom. The molecule has 2 aromatic rings. The first-order valence-electron chi connectivity index (χ1n) is 6.56. The molecule has 0 radical (unpaired) electrons. The molecule has 1 N–H and O–H groups in total. The summed E-state index contributed by atoms with van der Waals surface area (Å²) >= 11 is 3.30. The van der Waals surface area contributed by atoms with Crippen molar-refractivity contribution in [3.63, 3.8) is 0 Å². The summed E-state index contributed by atoms with van der Waals surface area (Å²) in [5, 5.41) is 18.1. The zero-order valence-corrected chi connectivity index (χ0v) is 12.8. The molecule has 1 saturated heterocycles. The van der Waals surface area contributed by atoms with Crippen molar-refractivity contribution in [1.82, 2.24) is 24.6 Å². The Balaban J connectivity index is 1.81. The highest BCUT2D eigenvalue weighted by Gasteiger charge is 2.30. The lowest BCUT2D eigenvalue weighted by atomic mass is 10.2. The molecule has 6 nitrogen and oxygen atoms in total. The number of aromatic nitrogens is 4. The van der Waals surface area contributed by atoms with Crippen LogP contribution in [0.1, 0.15) is 30.4 Å². The van der Waals surface area contributed by atoms with E-state index in [-0.39, 0.29) is 11.8 Å². The maximum Gasteiger partial charge on any atom is 0.149 e. The van der Waals surface area contributed by atoms with Crippen LogP contribution in [0, 0.1) is 0 Å². The van der Waals surface area contributed by atoms with Crippen molar-refractivity contribution < 1.29 is 5.11 Å². The van der Waals surface area contributed by atoms with E-state index in [0.29, 0.717) is 12.2 Å². The number of nitrogens with zero attached hydrogens (tertiary/aromatic N) is 5. The number of pyridine rings is 1. The molecule has 0 bridgehead atoms. The van der Waals surface area contributed by atoms with Gasteiger partial charge in [-0.1, -0.05) is 0 Å². The highest BCUT2D eigenvalue weighted by Crippen LogP contribution is 2.33. The number of hydrogen-bond acceptors (Lipinski definition) is 5. The van der Waals surface area contributed by atoms with Crippen molar-refractivity contribution in [1.29, 1.82) is 0 Å². The Bertz CT molecular complexity index is 615. The average molecular weight is 338 g/mol. The van der Waals surface area contributed by atoms with Gasteiger partial charge in [0.25, 0.3) is 0 Å². The van der Waals surface area contributed by atoms with Crippen molar-refractivity contribution in [2.75, 3.05) is 6.54 Å². The van der Waals surface area contributed by atoms with E-state index in [1.54, 1.807) is 18.6 Å². The molecular formula is C13H16BrN5O. The minimum atomic E-state index is 0.225. The van der Waals surface area contributed by atoms with Gasteiger partial charge in [-0.05, 0) is 41.4 Å². The van der Waals surface area contributed by atoms with Crippen LogP contribution in [0.25, 0.3) is 0 Å². The van der Waals surface area contributed by atoms with Crippen molar-refractivity contribution in [2.45, 2.75) is 25.4 Å². The first-order valence-corrected chi connectivity index (χ1v) is 7.36. The van der Waals surface area contributed by atoms with E-state index in [4.69, 9.17) is 0 Å². The smallest absolute Gasteiger partial charge is 0.149 e. The zero-order chi connectivity index (χ0) is 14.1. The maximum absolute atomic E-state index is 9.97. The van der Waals surface area contributed by atoms with E-state index < -0.39 is 0 Å². The summed E-state index contributed by atoms with van der Waals surface area (Å²) in [6, 6.07) is 1.92. The van der Waals surface area contributed by atoms with Crippen LogP contribution in [-0.4, -0.2) is 36.3 Å². The fraction of sp³-hybridized carbons (Fsp3) is 0.462. The first kappa shape index (κ1) is 13.5. The highest BCUT2D eigenvalue weighted by atomic mass is 79.9. The molecule has 3 rings (SSSR count). The average Bonchev–Trinajstić information content (AvgIpc) is 3.01. The molecule has 0 saturated carbocycles. The van der Waals surface area contributed by atoms with Crippen LogP contribution in [0.5, 0.6) is 5.75 Å². The van der Waals surface area contributed by atoms with Crippen molar-refractivity contribution >= 4 is 15.9 Å². The minimum Gasteiger partial charge on any atom is -0.506 e. The predicted octanol–water partition coefficient (Wildman–Crippen LogP) is 2.02. The second kappa shape index (κ2) is 5.49. The highest BCUT2D eigenvalue weighted by molar-refractivity contribution is 9.10. The van der Waals surface area contributed by atoms with Crippen molar-refractivity contribution in [3.05, 3.63) is 34.6 Å². The molecule has 1 aliphatic heterocycles. The second-order valence-corrected chi connectivity index (χ2v) is 5.96. The van der Waals surface area contributed by atoms with E-state index in [1.165, 1.54) is 0 Å². The van der Waals surface area contributed by atoms with E-state index in [0.717, 1.165) is 29.7 Å². The van der Waals surface area contributed by atoms with Gasteiger partial charge >= 0.3 is 0 Å². The van der Waals surface area contributed by atoms with Gasteiger partial charge in [-0.3, -0.25) is 9.88 Å². The van der Waals surface area contributed by atoms with E-state index in [9.17, 15) is 5.11 Å². The number of likely N-dealkylation sites (tertiary alicyclic amines) is 1. The molecular weight excluding hydrogens is 322 g/mol. The molecule has 3 heterocycles. The van der Waals surface area contributed by atoms with Gasteiger partial charge in [-0.25, -0.2) is 0 Å². The molecule has 1 fully saturated rings. The van der Waals surface area contributed by atoms with Crippen LogP contribution in [0.3, 0.4) is 0 Å². The summed E-state index contributed by atoms with van der Waals surface area (Å²) in [4.78, 5) is 6.59. The second-order valence-electron chi connectivity index (χ2n) is 5.05. The van der Waals surface area contributed by atoms with E-state index in [1.807, 2.05) is 11.6 Å². The molecule has 7 heteroatoms. The van der Waals surface area contributed by atoms with Gasteiger partial charge < -0.3 is 9.67 Å². The Labute approximate surface area is 125 Å². The summed E-state index contributed by atoms with van der Waals surface area (Å²) < 4.78 is 2.74. The zero-order valence-electron chi connectivity index (χ0n) is 11.2. The predicted molar refractivity (Wildman–Crippen MR) is 77.0 cm³/mol. The summed E-state index contributed by atoms with van der Waals surface area (Å²) in [5.74, 6) is 1.20. The normalized spacial score (nSPS) is 19.6. The topological polar surface area (TPSA) is 67.1 Å². The third kappa shape index (κ3) is 2.55. The summed E-state index contributed by atoms with van der Waals surface area (Å²) in [6.45, 7) is 1.60. The lowest BCUT2D eigenvalue weighted by Gasteiger charge is -2.23. The standard InChI is InChI=1S/C13H16BrN5O/c1-18-8-16-17-13(18)11-3-2-4-19(11)7-10-12(20)5-9(14)6-15-10/h5-6,8,11,20H,2-4,7H2,1H3. The van der Waals surface area contributed by atoms with Gasteiger partial charge in [0.1, 0.15) is 17.9 Å². The van der Waals surface area contributed by atoms with Gasteiger partial charge in [0, 0.05) is 24.3 Å². The molecule has 2 aromatic heterocycles. The van der Waals surface area contributed by atoms with Crippen molar-refractivity contribution in [2.24, 2.45) is 7.05 Å². The third-order valence-electron chi connectivity index (χ3n) is 3.67. The Morgan fingerprint density at radius 1 is 1.50 bits per heavy atom. The van der Waals surface area contributed by atoms with E-state index in [2.05, 4.69) is 36.0 Å². The molecule has 0 aliphatic carbocycles. The monoisotopic (exact) mass is 337 g/mol. The quantitative estimate of drug-likeness (QED) is 0.927. The Kier molecular flexibility index (Phi) is 3.71. The van der Waals surface area contributed by atoms with Crippen molar-refractivity contribution in [3.8, 4) is 5.75 Å². The summed E-state index contributed by atoms with van der Waals surface area (Å²) in [7, 11) is 1.96. The van der Waals surface area contributed by atoms with Crippen LogP contribution in [-0.2, 0) is 13.6 Å². The van der Waals surface area contributed by atoms with Crippen LogP contribution in [0.15, 0.2) is 23.1 Å². The number of aryl methyl sites for hydroxylation is 1. The van der Waals surface area contributed by atoms with Gasteiger partial charge in [0.15, 0.2) is 0 Å². The van der Waals surface area contributed by atoms with Crippen LogP contribution in [0.4, 0.5) is 0 Å². The van der Waals surface area contributed by atoms with Crippen LogP contribution >= 0.6 is 15.9 Å². The fourth-order valence-corrected chi connectivity index (χ4v) is 2.99. The molecule has 106 valence electrons. The maximum atomic E-state index is 9.97. The lowest BCUT2D eigenvalue weighted by Crippen LogP contribution is -2.25. The molecule has 20 heavy (non-hydrogen) atoms. The number of hydrogen-bond donors (Lipinski definition) is 1. The van der Waals surface area contributed by atoms with Gasteiger partial charge in [-0.2, -0.15) is 0 Å². The molecule has 0 spiro atoms. The van der Waals surface area contributed by atoms with Crippen LogP contribution < -0.4 is 0 Å². The molecule has 0 aromatic carbocycles. The summed E-state index contributed by atoms with van der Waals surface area (Å²) in [6.07, 6.45) is 5.61. The van der Waals surface area contributed by atoms with Gasteiger partial charge in [0.05, 0.1) is 11.7 Å². The number of aromatic hydroxyl groups is 1. The Hall–Kier alpha value is -1.47. The number of rotatable bonds is 3.